The van der Waals surface area contributed by atoms with E-state index in [1.165, 1.54) is 34.4 Å². The van der Waals surface area contributed by atoms with Gasteiger partial charge >= 0.3 is 0 Å². The lowest BCUT2D eigenvalue weighted by Gasteiger charge is -2.09. The molecule has 19 heavy (non-hydrogen) atoms. The molecule has 0 aliphatic heterocycles. The van der Waals surface area contributed by atoms with Crippen LogP contribution in [0.5, 0.6) is 0 Å². The summed E-state index contributed by atoms with van der Waals surface area (Å²) in [5, 5.41) is 1.40. The molecule has 0 aliphatic rings. The van der Waals surface area contributed by atoms with E-state index >= 15 is 0 Å². The van der Waals surface area contributed by atoms with Gasteiger partial charge < -0.3 is 4.57 Å². The first-order valence-electron chi connectivity index (χ1n) is 7.12. The normalized spacial score (nSPS) is 13.0. The molecule has 0 spiro atoms. The fraction of sp³-hybridized carbons (Fsp3) is 0.500. The minimum absolute atomic E-state index is 0.627. The van der Waals surface area contributed by atoms with Crippen molar-refractivity contribution in [1.29, 1.82) is 0 Å². The second-order valence-corrected chi connectivity index (χ2v) is 7.84. The molecule has 3 heteroatoms. The minimum atomic E-state index is 0.627. The summed E-state index contributed by atoms with van der Waals surface area (Å²) in [6.07, 6.45) is 4.93. The minimum Gasteiger partial charge on any atom is -0.347 e. The maximum absolute atomic E-state index is 2.35. The van der Waals surface area contributed by atoms with Crippen LogP contribution < -0.4 is 0 Å². The van der Waals surface area contributed by atoms with E-state index in [1.807, 2.05) is 11.8 Å². The number of benzene rings is 1. The molecular weight excluding hydrogens is 270 g/mol. The highest BCUT2D eigenvalue weighted by molar-refractivity contribution is 8.17. The number of thioether (sulfide) groups is 2. The van der Waals surface area contributed by atoms with E-state index in [4.69, 9.17) is 0 Å². The van der Waals surface area contributed by atoms with Gasteiger partial charge in [-0.1, -0.05) is 31.5 Å². The van der Waals surface area contributed by atoms with Crippen LogP contribution >= 0.6 is 23.5 Å². The summed E-state index contributed by atoms with van der Waals surface area (Å²) >= 11 is 4.08. The van der Waals surface area contributed by atoms with Crippen molar-refractivity contribution in [2.45, 2.75) is 49.6 Å². The van der Waals surface area contributed by atoms with Crippen LogP contribution in [-0.2, 0) is 6.54 Å². The largest absolute Gasteiger partial charge is 0.347 e. The number of nitrogens with zero attached hydrogens (tertiary/aromatic N) is 1. The third-order valence-electron chi connectivity index (χ3n) is 3.24. The van der Waals surface area contributed by atoms with Gasteiger partial charge in [-0.3, -0.25) is 0 Å². The van der Waals surface area contributed by atoms with E-state index in [-0.39, 0.29) is 0 Å². The van der Waals surface area contributed by atoms with Crippen molar-refractivity contribution in [1.82, 2.24) is 4.57 Å². The molecule has 2 aromatic rings. The number of hydrogen-bond donors (Lipinski definition) is 0. The van der Waals surface area contributed by atoms with Crippen molar-refractivity contribution in [3.63, 3.8) is 0 Å². The molecule has 0 saturated carbocycles. The molecule has 0 saturated heterocycles. The van der Waals surface area contributed by atoms with Crippen LogP contribution in [0.1, 0.15) is 33.6 Å². The Balaban J connectivity index is 2.12. The van der Waals surface area contributed by atoms with Crippen LogP contribution in [0.2, 0.25) is 0 Å². The van der Waals surface area contributed by atoms with Crippen molar-refractivity contribution in [2.75, 3.05) is 5.75 Å². The molecule has 1 aromatic heterocycles. The number of aryl methyl sites for hydroxylation is 1. The predicted octanol–water partition coefficient (Wildman–Crippen LogP) is 5.63. The summed E-state index contributed by atoms with van der Waals surface area (Å²) < 4.78 is 2.98. The van der Waals surface area contributed by atoms with Crippen LogP contribution in [0, 0.1) is 0 Å². The Bertz CT molecular complexity index is 518. The third-order valence-corrected chi connectivity index (χ3v) is 5.84. The number of rotatable bonds is 7. The van der Waals surface area contributed by atoms with E-state index in [0.717, 1.165) is 6.54 Å². The summed E-state index contributed by atoms with van der Waals surface area (Å²) in [7, 11) is 0. The highest BCUT2D eigenvalue weighted by atomic mass is 32.2. The highest BCUT2D eigenvalue weighted by Crippen LogP contribution is 2.36. The Morgan fingerprint density at radius 2 is 2.00 bits per heavy atom. The van der Waals surface area contributed by atoms with Gasteiger partial charge in [0.25, 0.3) is 0 Å². The molecule has 1 atom stereocenters. The molecule has 0 N–H and O–H groups in total. The first-order valence-corrected chi connectivity index (χ1v) is 9.05. The Morgan fingerprint density at radius 3 is 2.74 bits per heavy atom. The Labute approximate surface area is 125 Å². The van der Waals surface area contributed by atoms with Crippen molar-refractivity contribution in [3.05, 3.63) is 30.5 Å². The average Bonchev–Trinajstić information content (AvgIpc) is 2.77. The smallest absolute Gasteiger partial charge is 0.0522 e. The average molecular weight is 294 g/mol. The first kappa shape index (κ1) is 14.9. The number of aromatic nitrogens is 1. The molecule has 0 fully saturated rings. The summed E-state index contributed by atoms with van der Waals surface area (Å²) in [5.74, 6) is 1.27. The zero-order valence-corrected chi connectivity index (χ0v) is 13.7. The van der Waals surface area contributed by atoms with Crippen molar-refractivity contribution in [3.8, 4) is 0 Å². The maximum Gasteiger partial charge on any atom is 0.0522 e. The molecule has 104 valence electrons. The molecule has 2 rings (SSSR count). The summed E-state index contributed by atoms with van der Waals surface area (Å²) in [6.45, 7) is 7.83. The maximum atomic E-state index is 2.35. The molecule has 1 aromatic carbocycles. The summed E-state index contributed by atoms with van der Waals surface area (Å²) in [4.78, 5) is 1.42. The van der Waals surface area contributed by atoms with Crippen LogP contribution in [0.15, 0.2) is 35.4 Å². The molecule has 1 heterocycles. The standard InChI is InChI=1S/C16H23NS2/c1-4-6-11-18-13(3)19-16-12-17(5-2)15-10-8-7-9-14(15)16/h7-10,12-13H,4-6,11H2,1-3H3. The van der Waals surface area contributed by atoms with Gasteiger partial charge in [-0.2, -0.15) is 0 Å². The lowest BCUT2D eigenvalue weighted by atomic mass is 10.2. The fourth-order valence-electron chi connectivity index (χ4n) is 2.18. The second-order valence-electron chi connectivity index (χ2n) is 4.71. The van der Waals surface area contributed by atoms with Crippen LogP contribution in [0.25, 0.3) is 10.9 Å². The second kappa shape index (κ2) is 7.30. The van der Waals surface area contributed by atoms with Gasteiger partial charge in [-0.25, -0.2) is 0 Å². The van der Waals surface area contributed by atoms with Crippen molar-refractivity contribution >= 4 is 34.4 Å². The highest BCUT2D eigenvalue weighted by Gasteiger charge is 2.11. The lowest BCUT2D eigenvalue weighted by Crippen LogP contribution is -1.91. The van der Waals surface area contributed by atoms with Crippen molar-refractivity contribution in [2.24, 2.45) is 0 Å². The topological polar surface area (TPSA) is 4.93 Å². The number of hydrogen-bond acceptors (Lipinski definition) is 2. The predicted molar refractivity (Wildman–Crippen MR) is 90.3 cm³/mol. The van der Waals surface area contributed by atoms with Crippen LogP contribution in [-0.4, -0.2) is 14.9 Å². The van der Waals surface area contributed by atoms with Gasteiger partial charge in [-0.15, -0.1) is 23.5 Å². The summed E-state index contributed by atoms with van der Waals surface area (Å²) in [6, 6.07) is 8.73. The SMILES string of the molecule is CCCCSC(C)Sc1cn(CC)c2ccccc12. The van der Waals surface area contributed by atoms with Crippen LogP contribution in [0.4, 0.5) is 0 Å². The quantitative estimate of drug-likeness (QED) is 0.370. The van der Waals surface area contributed by atoms with Gasteiger partial charge in [0.15, 0.2) is 0 Å². The van der Waals surface area contributed by atoms with E-state index in [2.05, 4.69) is 67.6 Å². The summed E-state index contributed by atoms with van der Waals surface area (Å²) in [5.41, 5.74) is 1.36. The molecule has 0 amide bonds. The molecule has 1 unspecified atom stereocenters. The Hall–Kier alpha value is -0.540. The first-order chi connectivity index (χ1) is 9.26. The van der Waals surface area contributed by atoms with E-state index in [0.29, 0.717) is 4.58 Å². The van der Waals surface area contributed by atoms with Crippen molar-refractivity contribution < 1.29 is 0 Å². The van der Waals surface area contributed by atoms with E-state index in [1.54, 1.807) is 0 Å². The van der Waals surface area contributed by atoms with Gasteiger partial charge in [-0.05, 0) is 32.1 Å². The van der Waals surface area contributed by atoms with E-state index in [9.17, 15) is 0 Å². The molecular formula is C16H23NS2. The monoisotopic (exact) mass is 293 g/mol. The zero-order chi connectivity index (χ0) is 13.7. The number of para-hydroxylation sites is 1. The van der Waals surface area contributed by atoms with Gasteiger partial charge in [0.1, 0.15) is 0 Å². The third kappa shape index (κ3) is 3.73. The molecule has 0 bridgehead atoms. The molecule has 1 nitrogen and oxygen atoms in total. The number of fused-ring (bicyclic) bond motifs is 1. The fourth-order valence-corrected chi connectivity index (χ4v) is 4.68. The molecule has 0 aliphatic carbocycles. The Morgan fingerprint density at radius 1 is 1.21 bits per heavy atom. The van der Waals surface area contributed by atoms with Gasteiger partial charge in [0.05, 0.1) is 4.58 Å². The Kier molecular flexibility index (Phi) is 5.71. The van der Waals surface area contributed by atoms with Gasteiger partial charge in [0, 0.05) is 28.5 Å². The lowest BCUT2D eigenvalue weighted by molar-refractivity contribution is 0.792. The van der Waals surface area contributed by atoms with E-state index < -0.39 is 0 Å². The van der Waals surface area contributed by atoms with Gasteiger partial charge in [0.2, 0.25) is 0 Å². The van der Waals surface area contributed by atoms with Crippen LogP contribution in [0.3, 0.4) is 0 Å². The zero-order valence-electron chi connectivity index (χ0n) is 12.1. The molecule has 0 radical (unpaired) electrons. The number of unbranched alkanes of at least 4 members (excludes halogenated alkanes) is 1.